The zero-order valence-corrected chi connectivity index (χ0v) is 14.7. The molecule has 1 aromatic rings. The summed E-state index contributed by atoms with van der Waals surface area (Å²) >= 11 is 0. The molecule has 0 bridgehead atoms. The van der Waals surface area contributed by atoms with E-state index in [0.717, 1.165) is 52.0 Å². The van der Waals surface area contributed by atoms with Gasteiger partial charge in [0.1, 0.15) is 12.7 Å². The second kappa shape index (κ2) is 8.58. The standard InChI is InChI=1S/C17H30N6O/c1-2-21-9-6-15(7-10-21)20-17(24)12-22-8-4-3-5-16(22)11-23-14-18-13-19-23/h13-16H,2-12H2,1H3,(H,20,24)/t16-/m1/s1. The maximum absolute atomic E-state index is 12.5. The summed E-state index contributed by atoms with van der Waals surface area (Å²) in [5.41, 5.74) is 0. The molecular weight excluding hydrogens is 304 g/mol. The molecule has 7 heteroatoms. The summed E-state index contributed by atoms with van der Waals surface area (Å²) in [6.45, 7) is 7.83. The number of nitrogens with zero attached hydrogens (tertiary/aromatic N) is 5. The molecule has 0 aliphatic carbocycles. The number of carbonyl (C=O) groups excluding carboxylic acids is 1. The van der Waals surface area contributed by atoms with E-state index in [0.29, 0.717) is 18.6 Å². The summed E-state index contributed by atoms with van der Waals surface area (Å²) in [6, 6.07) is 0.729. The fourth-order valence-electron chi connectivity index (χ4n) is 3.87. The highest BCUT2D eigenvalue weighted by molar-refractivity contribution is 5.78. The summed E-state index contributed by atoms with van der Waals surface area (Å²) in [4.78, 5) is 21.3. The number of amides is 1. The van der Waals surface area contributed by atoms with Crippen molar-refractivity contribution in [2.75, 3.05) is 32.7 Å². The van der Waals surface area contributed by atoms with Crippen molar-refractivity contribution in [2.24, 2.45) is 0 Å². The van der Waals surface area contributed by atoms with Gasteiger partial charge < -0.3 is 10.2 Å². The van der Waals surface area contributed by atoms with Gasteiger partial charge in [0.2, 0.25) is 5.91 Å². The lowest BCUT2D eigenvalue weighted by Crippen LogP contribution is -2.50. The molecule has 3 rings (SSSR count). The first-order valence-electron chi connectivity index (χ1n) is 9.32. The molecular formula is C17H30N6O. The van der Waals surface area contributed by atoms with Crippen LogP contribution < -0.4 is 5.32 Å². The Morgan fingerprint density at radius 3 is 2.75 bits per heavy atom. The van der Waals surface area contributed by atoms with E-state index in [1.807, 2.05) is 4.68 Å². The van der Waals surface area contributed by atoms with Gasteiger partial charge >= 0.3 is 0 Å². The van der Waals surface area contributed by atoms with Gasteiger partial charge in [-0.3, -0.25) is 14.4 Å². The van der Waals surface area contributed by atoms with Gasteiger partial charge in [-0.15, -0.1) is 0 Å². The average Bonchev–Trinajstić information content (AvgIpc) is 3.10. The number of carbonyl (C=O) groups is 1. The fraction of sp³-hybridized carbons (Fsp3) is 0.824. The van der Waals surface area contributed by atoms with E-state index >= 15 is 0 Å². The van der Waals surface area contributed by atoms with Gasteiger partial charge in [-0.05, 0) is 38.8 Å². The highest BCUT2D eigenvalue weighted by atomic mass is 16.2. The van der Waals surface area contributed by atoms with Gasteiger partial charge in [-0.2, -0.15) is 5.10 Å². The molecule has 0 spiro atoms. The zero-order valence-electron chi connectivity index (χ0n) is 14.7. The number of piperidine rings is 2. The van der Waals surface area contributed by atoms with Crippen LogP contribution in [-0.2, 0) is 11.3 Å². The van der Waals surface area contributed by atoms with Crippen molar-refractivity contribution in [3.05, 3.63) is 12.7 Å². The Hall–Kier alpha value is -1.47. The van der Waals surface area contributed by atoms with Crippen molar-refractivity contribution in [1.29, 1.82) is 0 Å². The van der Waals surface area contributed by atoms with E-state index in [1.54, 1.807) is 12.7 Å². The van der Waals surface area contributed by atoms with Gasteiger partial charge in [0.15, 0.2) is 0 Å². The Bertz CT molecular complexity index is 497. The molecule has 2 aliphatic heterocycles. The van der Waals surface area contributed by atoms with Crippen molar-refractivity contribution < 1.29 is 4.79 Å². The minimum atomic E-state index is 0.176. The number of hydrogen-bond donors (Lipinski definition) is 1. The normalized spacial score (nSPS) is 24.1. The molecule has 1 aromatic heterocycles. The van der Waals surface area contributed by atoms with Crippen molar-refractivity contribution in [1.82, 2.24) is 29.9 Å². The molecule has 1 N–H and O–H groups in total. The van der Waals surface area contributed by atoms with Crippen LogP contribution in [0.5, 0.6) is 0 Å². The topological polar surface area (TPSA) is 66.3 Å². The molecule has 1 atom stereocenters. The lowest BCUT2D eigenvalue weighted by molar-refractivity contribution is -0.124. The average molecular weight is 334 g/mol. The molecule has 2 aliphatic rings. The van der Waals surface area contributed by atoms with Crippen LogP contribution >= 0.6 is 0 Å². The Labute approximate surface area is 144 Å². The van der Waals surface area contributed by atoms with Gasteiger partial charge in [0.25, 0.3) is 0 Å². The molecule has 2 saturated heterocycles. The molecule has 0 unspecified atom stereocenters. The number of aromatic nitrogens is 3. The minimum absolute atomic E-state index is 0.176. The van der Waals surface area contributed by atoms with E-state index in [-0.39, 0.29) is 5.91 Å². The van der Waals surface area contributed by atoms with Crippen LogP contribution in [0.3, 0.4) is 0 Å². The quantitative estimate of drug-likeness (QED) is 0.831. The molecule has 24 heavy (non-hydrogen) atoms. The van der Waals surface area contributed by atoms with Crippen molar-refractivity contribution in [3.8, 4) is 0 Å². The van der Waals surface area contributed by atoms with E-state index in [1.165, 1.54) is 12.8 Å². The monoisotopic (exact) mass is 334 g/mol. The largest absolute Gasteiger partial charge is 0.352 e. The highest BCUT2D eigenvalue weighted by Crippen LogP contribution is 2.18. The first-order chi connectivity index (χ1) is 11.7. The van der Waals surface area contributed by atoms with Gasteiger partial charge in [-0.25, -0.2) is 4.98 Å². The van der Waals surface area contributed by atoms with E-state index < -0.39 is 0 Å². The Morgan fingerprint density at radius 2 is 2.04 bits per heavy atom. The summed E-state index contributed by atoms with van der Waals surface area (Å²) in [7, 11) is 0. The summed E-state index contributed by atoms with van der Waals surface area (Å²) in [5, 5.41) is 7.45. The van der Waals surface area contributed by atoms with Gasteiger partial charge in [0.05, 0.1) is 13.1 Å². The Kier molecular flexibility index (Phi) is 6.20. The maximum atomic E-state index is 12.5. The molecule has 0 radical (unpaired) electrons. The van der Waals surface area contributed by atoms with Crippen molar-refractivity contribution in [2.45, 2.75) is 57.7 Å². The van der Waals surface area contributed by atoms with Crippen LogP contribution in [0.1, 0.15) is 39.0 Å². The van der Waals surface area contributed by atoms with Crippen LogP contribution in [0.25, 0.3) is 0 Å². The molecule has 0 saturated carbocycles. The Balaban J connectivity index is 1.47. The van der Waals surface area contributed by atoms with Crippen LogP contribution in [0.15, 0.2) is 12.7 Å². The van der Waals surface area contributed by atoms with Crippen LogP contribution in [0.2, 0.25) is 0 Å². The third-order valence-corrected chi connectivity index (χ3v) is 5.36. The summed E-state index contributed by atoms with van der Waals surface area (Å²) < 4.78 is 1.88. The number of rotatable bonds is 6. The Morgan fingerprint density at radius 1 is 1.21 bits per heavy atom. The van der Waals surface area contributed by atoms with Crippen LogP contribution in [0.4, 0.5) is 0 Å². The predicted octanol–water partition coefficient (Wildman–Crippen LogP) is 0.733. The maximum Gasteiger partial charge on any atom is 0.234 e. The van der Waals surface area contributed by atoms with Crippen LogP contribution in [0, 0.1) is 0 Å². The zero-order chi connectivity index (χ0) is 16.8. The first kappa shape index (κ1) is 17.4. The SMILES string of the molecule is CCN1CCC(NC(=O)CN2CCCC[C@@H]2Cn2cncn2)CC1. The molecule has 3 heterocycles. The van der Waals surface area contributed by atoms with Crippen molar-refractivity contribution in [3.63, 3.8) is 0 Å². The molecule has 7 nitrogen and oxygen atoms in total. The third kappa shape index (κ3) is 4.77. The lowest BCUT2D eigenvalue weighted by atomic mass is 10.0. The molecule has 2 fully saturated rings. The second-order valence-corrected chi connectivity index (χ2v) is 7.01. The third-order valence-electron chi connectivity index (χ3n) is 5.36. The van der Waals surface area contributed by atoms with Gasteiger partial charge in [-0.1, -0.05) is 13.3 Å². The number of nitrogens with one attached hydrogen (secondary N) is 1. The predicted molar refractivity (Wildman–Crippen MR) is 92.5 cm³/mol. The van der Waals surface area contributed by atoms with Gasteiger partial charge in [0, 0.05) is 25.2 Å². The minimum Gasteiger partial charge on any atom is -0.352 e. The smallest absolute Gasteiger partial charge is 0.234 e. The summed E-state index contributed by atoms with van der Waals surface area (Å²) in [6.07, 6.45) is 9.01. The molecule has 1 amide bonds. The molecule has 0 aromatic carbocycles. The van der Waals surface area contributed by atoms with E-state index in [2.05, 4.69) is 32.1 Å². The highest BCUT2D eigenvalue weighted by Gasteiger charge is 2.26. The second-order valence-electron chi connectivity index (χ2n) is 7.01. The fourth-order valence-corrected chi connectivity index (χ4v) is 3.87. The van der Waals surface area contributed by atoms with Crippen LogP contribution in [-0.4, -0.2) is 75.3 Å². The first-order valence-corrected chi connectivity index (χ1v) is 9.32. The summed E-state index contributed by atoms with van der Waals surface area (Å²) in [5.74, 6) is 0.176. The van der Waals surface area contributed by atoms with Crippen molar-refractivity contribution >= 4 is 5.91 Å². The number of hydrogen-bond acceptors (Lipinski definition) is 5. The number of likely N-dealkylation sites (tertiary alicyclic amines) is 2. The van der Waals surface area contributed by atoms with E-state index in [4.69, 9.17) is 0 Å². The molecule has 134 valence electrons. The lowest BCUT2D eigenvalue weighted by Gasteiger charge is -2.36. The van der Waals surface area contributed by atoms with E-state index in [9.17, 15) is 4.79 Å².